The van der Waals surface area contributed by atoms with Crippen LogP contribution in [0.1, 0.15) is 24.9 Å². The number of fused-ring (bicyclic) bond motifs is 1. The van der Waals surface area contributed by atoms with Crippen LogP contribution in [0.25, 0.3) is 0 Å². The maximum absolute atomic E-state index is 12.8. The van der Waals surface area contributed by atoms with E-state index in [-0.39, 0.29) is 17.9 Å². The van der Waals surface area contributed by atoms with Crippen molar-refractivity contribution in [1.82, 2.24) is 4.90 Å². The summed E-state index contributed by atoms with van der Waals surface area (Å²) in [7, 11) is 6.74. The van der Waals surface area contributed by atoms with Gasteiger partial charge in [-0.25, -0.2) is 4.79 Å². The number of ether oxygens (including phenoxy) is 1. The van der Waals surface area contributed by atoms with Crippen LogP contribution >= 0.6 is 0 Å². The summed E-state index contributed by atoms with van der Waals surface area (Å²) in [6, 6.07) is 7.59. The fourth-order valence-electron chi connectivity index (χ4n) is 4.43. The molecule has 1 aromatic rings. The number of methoxy groups -OCH3 is 1. The first kappa shape index (κ1) is 18.4. The lowest BCUT2D eigenvalue weighted by Gasteiger charge is -2.27. The van der Waals surface area contributed by atoms with Crippen molar-refractivity contribution in [1.29, 1.82) is 0 Å². The van der Waals surface area contributed by atoms with Crippen LogP contribution in [0.15, 0.2) is 24.3 Å². The monoisotopic (exact) mass is 360 g/mol. The molecule has 26 heavy (non-hydrogen) atoms. The van der Waals surface area contributed by atoms with Gasteiger partial charge in [-0.1, -0.05) is 19.1 Å². The third-order valence-corrected chi connectivity index (χ3v) is 5.94. The van der Waals surface area contributed by atoms with Gasteiger partial charge in [0.05, 0.1) is 7.11 Å². The number of carbonyl (C=O) groups excluding carboxylic acids is 3. The molecule has 2 aliphatic rings. The number of quaternary nitrogens is 1. The highest BCUT2D eigenvalue weighted by Gasteiger charge is 2.71. The second kappa shape index (κ2) is 6.39. The minimum absolute atomic E-state index is 0.225. The molecule has 2 N–H and O–H groups in total. The van der Waals surface area contributed by atoms with Gasteiger partial charge in [-0.15, -0.1) is 0 Å². The highest BCUT2D eigenvalue weighted by Crippen LogP contribution is 2.45. The molecule has 2 heterocycles. The molecule has 0 radical (unpaired) electrons. The van der Waals surface area contributed by atoms with Crippen molar-refractivity contribution in [2.45, 2.75) is 24.9 Å². The number of anilines is 1. The minimum Gasteiger partial charge on any atom is -0.464 e. The Labute approximate surface area is 153 Å². The average Bonchev–Trinajstić information content (AvgIpc) is 3.11. The van der Waals surface area contributed by atoms with E-state index in [4.69, 9.17) is 4.74 Å². The van der Waals surface area contributed by atoms with Gasteiger partial charge in [-0.05, 0) is 12.1 Å². The van der Waals surface area contributed by atoms with E-state index in [0.717, 1.165) is 16.2 Å². The third kappa shape index (κ3) is 2.41. The van der Waals surface area contributed by atoms with Gasteiger partial charge in [0, 0.05) is 38.8 Å². The molecule has 7 nitrogen and oxygen atoms in total. The number of imide groups is 1. The first-order valence-electron chi connectivity index (χ1n) is 8.81. The number of hydrogen-bond donors (Lipinski definition) is 1. The van der Waals surface area contributed by atoms with Crippen LogP contribution in [0, 0.1) is 11.8 Å². The number of esters is 1. The number of amides is 2. The van der Waals surface area contributed by atoms with Crippen LogP contribution < -0.4 is 10.2 Å². The number of likely N-dealkylation sites (tertiary alicyclic amines) is 1. The molecule has 0 bridgehead atoms. The van der Waals surface area contributed by atoms with Crippen LogP contribution in [0.3, 0.4) is 0 Å². The van der Waals surface area contributed by atoms with Crippen LogP contribution in [0.2, 0.25) is 0 Å². The van der Waals surface area contributed by atoms with Gasteiger partial charge in [0.15, 0.2) is 0 Å². The van der Waals surface area contributed by atoms with Gasteiger partial charge in [-0.3, -0.25) is 14.5 Å². The summed E-state index contributed by atoms with van der Waals surface area (Å²) < 4.78 is 5.03. The fraction of sp³-hybridized carbons (Fsp3) is 0.526. The normalized spacial score (nSPS) is 30.5. The van der Waals surface area contributed by atoms with Gasteiger partial charge in [-0.2, -0.15) is 0 Å². The molecule has 0 saturated carbocycles. The van der Waals surface area contributed by atoms with E-state index in [1.54, 1.807) is 0 Å². The van der Waals surface area contributed by atoms with Crippen LogP contribution in [0.5, 0.6) is 0 Å². The first-order chi connectivity index (χ1) is 12.3. The molecule has 4 atom stereocenters. The topological polar surface area (TPSA) is 83.5 Å². The summed E-state index contributed by atoms with van der Waals surface area (Å²) in [5.41, 5.74) is 0.909. The van der Waals surface area contributed by atoms with E-state index < -0.39 is 23.3 Å². The molecule has 7 heteroatoms. The van der Waals surface area contributed by atoms with Gasteiger partial charge >= 0.3 is 5.97 Å². The molecule has 0 aromatic heterocycles. The SMILES string of the molecule is CC[C@@]1(C(=O)OC)[NH2+][C@@H](c2ccc(N(C)C)cc2)[C@H]2C(=O)N(C)C(=O)[C@H]21. The molecule has 140 valence electrons. The maximum Gasteiger partial charge on any atom is 0.368 e. The van der Waals surface area contributed by atoms with Gasteiger partial charge in [0.2, 0.25) is 17.4 Å². The van der Waals surface area contributed by atoms with Crippen LogP contribution in [0.4, 0.5) is 5.69 Å². The number of nitrogens with two attached hydrogens (primary N) is 1. The van der Waals surface area contributed by atoms with E-state index in [1.165, 1.54) is 14.2 Å². The van der Waals surface area contributed by atoms with Crippen molar-refractivity contribution in [3.05, 3.63) is 29.8 Å². The van der Waals surface area contributed by atoms with E-state index in [0.29, 0.717) is 6.42 Å². The summed E-state index contributed by atoms with van der Waals surface area (Å²) in [4.78, 5) is 41.4. The predicted molar refractivity (Wildman–Crippen MR) is 95.2 cm³/mol. The van der Waals surface area contributed by atoms with Gasteiger partial charge < -0.3 is 15.0 Å². The molecular formula is C19H26N3O4+. The zero-order valence-corrected chi connectivity index (χ0v) is 15.9. The molecule has 2 saturated heterocycles. The van der Waals surface area contributed by atoms with Gasteiger partial charge in [0.25, 0.3) is 0 Å². The Morgan fingerprint density at radius 3 is 2.35 bits per heavy atom. The van der Waals surface area contributed by atoms with Crippen LogP contribution in [-0.2, 0) is 19.1 Å². The Bertz CT molecular complexity index is 746. The Morgan fingerprint density at radius 2 is 1.85 bits per heavy atom. The van der Waals surface area contributed by atoms with Crippen molar-refractivity contribution < 1.29 is 24.4 Å². The second-order valence-corrected chi connectivity index (χ2v) is 7.30. The number of benzene rings is 1. The Hall–Kier alpha value is -2.41. The summed E-state index contributed by atoms with van der Waals surface area (Å²) in [6.45, 7) is 1.86. The lowest BCUT2D eigenvalue weighted by molar-refractivity contribution is -0.734. The molecule has 2 amide bonds. The van der Waals surface area contributed by atoms with Crippen molar-refractivity contribution in [2.24, 2.45) is 11.8 Å². The van der Waals surface area contributed by atoms with E-state index in [1.807, 2.05) is 55.5 Å². The third-order valence-electron chi connectivity index (χ3n) is 5.94. The highest BCUT2D eigenvalue weighted by molar-refractivity contribution is 6.08. The molecular weight excluding hydrogens is 334 g/mol. The fourth-order valence-corrected chi connectivity index (χ4v) is 4.43. The standard InChI is InChI=1S/C19H25N3O4/c1-6-19(18(25)26-5)14-13(16(23)22(4)17(14)24)15(20-19)11-7-9-12(10-8-11)21(2)3/h7-10,13-15,20H,6H2,1-5H3/p+1/t13-,14-,15-,19+/m0/s1. The lowest BCUT2D eigenvalue weighted by atomic mass is 9.78. The van der Waals surface area contributed by atoms with E-state index in [9.17, 15) is 14.4 Å². The number of hydrogen-bond acceptors (Lipinski definition) is 5. The molecule has 1 aromatic carbocycles. The van der Waals surface area contributed by atoms with Crippen molar-refractivity contribution in [3.63, 3.8) is 0 Å². The number of carbonyl (C=O) groups is 3. The minimum atomic E-state index is -1.07. The van der Waals surface area contributed by atoms with Crippen molar-refractivity contribution in [2.75, 3.05) is 33.2 Å². The summed E-state index contributed by atoms with van der Waals surface area (Å²) in [5.74, 6) is -2.22. The number of rotatable bonds is 4. The molecule has 0 unspecified atom stereocenters. The summed E-state index contributed by atoms with van der Waals surface area (Å²) in [5, 5.41) is 1.88. The maximum atomic E-state index is 12.8. The summed E-state index contributed by atoms with van der Waals surface area (Å²) >= 11 is 0. The molecule has 3 rings (SSSR count). The lowest BCUT2D eigenvalue weighted by Crippen LogP contribution is -2.98. The first-order valence-corrected chi connectivity index (χ1v) is 8.81. The molecule has 2 aliphatic heterocycles. The Morgan fingerprint density at radius 1 is 1.23 bits per heavy atom. The average molecular weight is 360 g/mol. The zero-order valence-electron chi connectivity index (χ0n) is 15.9. The molecule has 2 fully saturated rings. The quantitative estimate of drug-likeness (QED) is 0.600. The predicted octanol–water partition coefficient (Wildman–Crippen LogP) is -0.0765. The Balaban J connectivity index is 2.08. The molecule has 0 aliphatic carbocycles. The Kier molecular flexibility index (Phi) is 4.52. The largest absolute Gasteiger partial charge is 0.464 e. The zero-order chi connectivity index (χ0) is 19.2. The molecule has 0 spiro atoms. The van der Waals surface area contributed by atoms with Crippen molar-refractivity contribution in [3.8, 4) is 0 Å². The second-order valence-electron chi connectivity index (χ2n) is 7.30. The summed E-state index contributed by atoms with van der Waals surface area (Å²) in [6.07, 6.45) is 0.417. The van der Waals surface area contributed by atoms with Crippen molar-refractivity contribution >= 4 is 23.5 Å². The highest BCUT2D eigenvalue weighted by atomic mass is 16.5. The smallest absolute Gasteiger partial charge is 0.368 e. The van der Waals surface area contributed by atoms with Crippen LogP contribution in [-0.4, -0.2) is 56.5 Å². The van der Waals surface area contributed by atoms with E-state index >= 15 is 0 Å². The van der Waals surface area contributed by atoms with Gasteiger partial charge in [0.1, 0.15) is 17.9 Å². The number of nitrogens with zero attached hydrogens (tertiary/aromatic N) is 2. The van der Waals surface area contributed by atoms with E-state index in [2.05, 4.69) is 0 Å².